The van der Waals surface area contributed by atoms with E-state index < -0.39 is 0 Å². The Morgan fingerprint density at radius 2 is 1.78 bits per heavy atom. The first-order chi connectivity index (χ1) is 13.2. The number of fused-ring (bicyclic) bond motifs is 1. The summed E-state index contributed by atoms with van der Waals surface area (Å²) < 4.78 is 2.26. The van der Waals surface area contributed by atoms with E-state index in [4.69, 9.17) is 12.2 Å². The molecule has 2 heterocycles. The smallest absolute Gasteiger partial charge is 0.175 e. The van der Waals surface area contributed by atoms with Crippen molar-refractivity contribution in [3.8, 4) is 11.4 Å². The largest absolute Gasteiger partial charge is 0.332 e. The number of rotatable bonds is 3. The predicted octanol–water partition coefficient (Wildman–Crippen LogP) is 4.79. The standard InChI is InChI=1S/C21H23N5S/c1-15-9-11-17(12-10-15)22-21(27)23-18-7-5-6-16(14-18)20-25-24-19-8-3-2-4-13-26(19)20/h5-7,9-12,14H,2-4,8,13H2,1H3,(H2,22,23,27). The molecule has 27 heavy (non-hydrogen) atoms. The van der Waals surface area contributed by atoms with Gasteiger partial charge in [0.2, 0.25) is 0 Å². The lowest BCUT2D eigenvalue weighted by Gasteiger charge is -2.12. The molecular formula is C21H23N5S. The van der Waals surface area contributed by atoms with E-state index in [-0.39, 0.29) is 0 Å². The predicted molar refractivity (Wildman–Crippen MR) is 114 cm³/mol. The van der Waals surface area contributed by atoms with Gasteiger partial charge in [-0.3, -0.25) is 0 Å². The summed E-state index contributed by atoms with van der Waals surface area (Å²) in [7, 11) is 0. The van der Waals surface area contributed by atoms with Crippen molar-refractivity contribution < 1.29 is 0 Å². The van der Waals surface area contributed by atoms with Crippen LogP contribution in [0.3, 0.4) is 0 Å². The molecule has 1 aliphatic rings. The van der Waals surface area contributed by atoms with Crippen LogP contribution in [0.15, 0.2) is 48.5 Å². The van der Waals surface area contributed by atoms with Crippen molar-refractivity contribution in [3.05, 3.63) is 59.9 Å². The monoisotopic (exact) mass is 377 g/mol. The van der Waals surface area contributed by atoms with Gasteiger partial charge in [0, 0.05) is 29.9 Å². The fourth-order valence-corrected chi connectivity index (χ4v) is 3.60. The minimum absolute atomic E-state index is 0.566. The highest BCUT2D eigenvalue weighted by molar-refractivity contribution is 7.80. The third-order valence-corrected chi connectivity index (χ3v) is 5.00. The number of hydrogen-bond acceptors (Lipinski definition) is 3. The van der Waals surface area contributed by atoms with Gasteiger partial charge in [-0.15, -0.1) is 10.2 Å². The highest BCUT2D eigenvalue weighted by atomic mass is 32.1. The molecule has 0 saturated carbocycles. The summed E-state index contributed by atoms with van der Waals surface area (Å²) in [5.41, 5.74) is 4.18. The van der Waals surface area contributed by atoms with Gasteiger partial charge in [-0.05, 0) is 56.2 Å². The molecule has 5 nitrogen and oxygen atoms in total. The van der Waals surface area contributed by atoms with E-state index in [2.05, 4.69) is 56.6 Å². The van der Waals surface area contributed by atoms with Crippen molar-refractivity contribution in [1.29, 1.82) is 0 Å². The van der Waals surface area contributed by atoms with Crippen LogP contribution in [0.4, 0.5) is 11.4 Å². The summed E-state index contributed by atoms with van der Waals surface area (Å²) in [5, 5.41) is 15.9. The van der Waals surface area contributed by atoms with Crippen LogP contribution in [0.25, 0.3) is 11.4 Å². The maximum Gasteiger partial charge on any atom is 0.175 e. The van der Waals surface area contributed by atoms with Crippen LogP contribution in [-0.4, -0.2) is 19.9 Å². The maximum absolute atomic E-state index is 5.45. The lowest BCUT2D eigenvalue weighted by molar-refractivity contribution is 0.636. The average Bonchev–Trinajstić information content (AvgIpc) is 2.92. The van der Waals surface area contributed by atoms with Crippen LogP contribution in [0.5, 0.6) is 0 Å². The van der Waals surface area contributed by atoms with Gasteiger partial charge in [0.25, 0.3) is 0 Å². The van der Waals surface area contributed by atoms with Crippen LogP contribution in [0.2, 0.25) is 0 Å². The van der Waals surface area contributed by atoms with Crippen molar-refractivity contribution in [2.24, 2.45) is 0 Å². The normalized spacial score (nSPS) is 13.5. The number of aryl methyl sites for hydroxylation is 2. The molecular weight excluding hydrogens is 354 g/mol. The third kappa shape index (κ3) is 4.17. The first-order valence-electron chi connectivity index (χ1n) is 9.36. The van der Waals surface area contributed by atoms with Crippen LogP contribution in [-0.2, 0) is 13.0 Å². The number of nitrogens with zero attached hydrogens (tertiary/aromatic N) is 3. The Morgan fingerprint density at radius 1 is 0.963 bits per heavy atom. The van der Waals surface area contributed by atoms with Crippen molar-refractivity contribution >= 4 is 28.7 Å². The number of thiocarbonyl (C=S) groups is 1. The minimum atomic E-state index is 0.566. The summed E-state index contributed by atoms with van der Waals surface area (Å²) in [6.07, 6.45) is 4.64. The second-order valence-electron chi connectivity index (χ2n) is 6.93. The number of hydrogen-bond donors (Lipinski definition) is 2. The Bertz CT molecular complexity index is 945. The van der Waals surface area contributed by atoms with Gasteiger partial charge in [0.1, 0.15) is 5.82 Å². The van der Waals surface area contributed by atoms with Crippen LogP contribution in [0.1, 0.15) is 30.7 Å². The molecule has 0 saturated heterocycles. The number of nitrogens with one attached hydrogen (secondary N) is 2. The molecule has 2 aromatic carbocycles. The number of aromatic nitrogens is 3. The number of benzene rings is 2. The van der Waals surface area contributed by atoms with Gasteiger partial charge in [0.15, 0.2) is 10.9 Å². The topological polar surface area (TPSA) is 54.8 Å². The first-order valence-corrected chi connectivity index (χ1v) is 9.77. The fourth-order valence-electron chi connectivity index (χ4n) is 3.36. The summed E-state index contributed by atoms with van der Waals surface area (Å²) in [5.74, 6) is 2.03. The van der Waals surface area contributed by atoms with Gasteiger partial charge in [-0.1, -0.05) is 36.2 Å². The molecule has 0 aliphatic carbocycles. The van der Waals surface area contributed by atoms with Crippen molar-refractivity contribution in [1.82, 2.24) is 14.8 Å². The second-order valence-corrected chi connectivity index (χ2v) is 7.34. The van der Waals surface area contributed by atoms with Crippen molar-refractivity contribution in [3.63, 3.8) is 0 Å². The van der Waals surface area contributed by atoms with E-state index in [0.717, 1.165) is 41.6 Å². The molecule has 1 aliphatic heterocycles. The molecule has 6 heteroatoms. The Kier molecular flexibility index (Phi) is 5.16. The Hall–Kier alpha value is -2.73. The summed E-state index contributed by atoms with van der Waals surface area (Å²) >= 11 is 5.45. The molecule has 0 spiro atoms. The zero-order valence-electron chi connectivity index (χ0n) is 15.4. The van der Waals surface area contributed by atoms with E-state index in [1.165, 1.54) is 24.8 Å². The van der Waals surface area contributed by atoms with E-state index in [9.17, 15) is 0 Å². The maximum atomic E-state index is 5.45. The lowest BCUT2D eigenvalue weighted by atomic mass is 10.2. The average molecular weight is 378 g/mol. The zero-order chi connectivity index (χ0) is 18.6. The molecule has 0 atom stereocenters. The SMILES string of the molecule is Cc1ccc(NC(=S)Nc2cccc(-c3nnc4n3CCCCC4)c2)cc1. The van der Waals surface area contributed by atoms with E-state index in [1.807, 2.05) is 24.3 Å². The molecule has 0 amide bonds. The molecule has 0 fully saturated rings. The third-order valence-electron chi connectivity index (χ3n) is 4.80. The second kappa shape index (κ2) is 7.88. The quantitative estimate of drug-likeness (QED) is 0.643. The van der Waals surface area contributed by atoms with E-state index in [1.54, 1.807) is 0 Å². The van der Waals surface area contributed by atoms with Gasteiger partial charge in [-0.25, -0.2) is 0 Å². The molecule has 0 unspecified atom stereocenters. The Labute approximate surface area is 164 Å². The molecule has 138 valence electrons. The van der Waals surface area contributed by atoms with Gasteiger partial charge in [0.05, 0.1) is 0 Å². The van der Waals surface area contributed by atoms with Gasteiger partial charge >= 0.3 is 0 Å². The van der Waals surface area contributed by atoms with E-state index in [0.29, 0.717) is 5.11 Å². The molecule has 4 rings (SSSR count). The highest BCUT2D eigenvalue weighted by Gasteiger charge is 2.16. The van der Waals surface area contributed by atoms with Crippen molar-refractivity contribution in [2.45, 2.75) is 39.2 Å². The summed E-state index contributed by atoms with van der Waals surface area (Å²) in [6, 6.07) is 16.3. The molecule has 2 N–H and O–H groups in total. The van der Waals surface area contributed by atoms with Crippen molar-refractivity contribution in [2.75, 3.05) is 10.6 Å². The first kappa shape index (κ1) is 17.7. The molecule has 0 bridgehead atoms. The summed E-state index contributed by atoms with van der Waals surface area (Å²) in [6.45, 7) is 3.06. The van der Waals surface area contributed by atoms with Crippen LogP contribution < -0.4 is 10.6 Å². The number of anilines is 2. The van der Waals surface area contributed by atoms with Crippen LogP contribution >= 0.6 is 12.2 Å². The molecule has 0 radical (unpaired) electrons. The Morgan fingerprint density at radius 3 is 2.63 bits per heavy atom. The highest BCUT2D eigenvalue weighted by Crippen LogP contribution is 2.25. The van der Waals surface area contributed by atoms with Gasteiger partial charge < -0.3 is 15.2 Å². The zero-order valence-corrected chi connectivity index (χ0v) is 16.2. The molecule has 1 aromatic heterocycles. The lowest BCUT2D eigenvalue weighted by Crippen LogP contribution is -2.19. The fraction of sp³-hybridized carbons (Fsp3) is 0.286. The Balaban J connectivity index is 1.50. The van der Waals surface area contributed by atoms with Gasteiger partial charge in [-0.2, -0.15) is 0 Å². The minimum Gasteiger partial charge on any atom is -0.332 e. The summed E-state index contributed by atoms with van der Waals surface area (Å²) in [4.78, 5) is 0. The van der Waals surface area contributed by atoms with Crippen LogP contribution in [0, 0.1) is 6.92 Å². The molecule has 3 aromatic rings. The van der Waals surface area contributed by atoms with E-state index >= 15 is 0 Å².